The number of methoxy groups -OCH3 is 1. The number of nitrogens with zero attached hydrogens (tertiary/aromatic N) is 3. The quantitative estimate of drug-likeness (QED) is 0.517. The molecule has 0 bridgehead atoms. The number of ether oxygens (including phenoxy) is 1. The van der Waals surface area contributed by atoms with Crippen LogP contribution in [-0.4, -0.2) is 27.6 Å². The first kappa shape index (κ1) is 19.7. The summed E-state index contributed by atoms with van der Waals surface area (Å²) in [4.78, 5) is 35.1. The Morgan fingerprint density at radius 1 is 1.13 bits per heavy atom. The highest BCUT2D eigenvalue weighted by atomic mass is 32.1. The highest BCUT2D eigenvalue weighted by Crippen LogP contribution is 2.32. The predicted octanol–water partition coefficient (Wildman–Crippen LogP) is 4.38. The van der Waals surface area contributed by atoms with E-state index in [2.05, 4.69) is 10.3 Å². The third-order valence-electron chi connectivity index (χ3n) is 5.65. The number of anilines is 1. The lowest BCUT2D eigenvalue weighted by molar-refractivity contribution is 0.102. The Morgan fingerprint density at radius 3 is 2.87 bits per heavy atom. The van der Waals surface area contributed by atoms with E-state index in [0.29, 0.717) is 33.9 Å². The number of rotatable bonds is 3. The Bertz CT molecular complexity index is 1360. The van der Waals surface area contributed by atoms with E-state index in [9.17, 15) is 9.59 Å². The average Bonchev–Trinajstić information content (AvgIpc) is 3.17. The van der Waals surface area contributed by atoms with Gasteiger partial charge in [0, 0.05) is 18.5 Å². The van der Waals surface area contributed by atoms with Gasteiger partial charge in [0.05, 0.1) is 22.7 Å². The minimum atomic E-state index is -0.284. The Morgan fingerprint density at radius 2 is 2.00 bits per heavy atom. The molecule has 3 heterocycles. The minimum absolute atomic E-state index is 0.0212. The number of aryl methyl sites for hydroxylation is 1. The van der Waals surface area contributed by atoms with Gasteiger partial charge in [-0.05, 0) is 43.2 Å². The number of hydrogen-bond acceptors (Lipinski definition) is 6. The molecule has 7 nitrogen and oxygen atoms in total. The number of aromatic nitrogens is 3. The second kappa shape index (κ2) is 8.11. The van der Waals surface area contributed by atoms with Crippen molar-refractivity contribution >= 4 is 43.5 Å². The van der Waals surface area contributed by atoms with Gasteiger partial charge in [-0.2, -0.15) is 0 Å². The average molecular weight is 435 g/mol. The molecule has 31 heavy (non-hydrogen) atoms. The number of para-hydroxylation sites is 1. The predicted molar refractivity (Wildman–Crippen MR) is 122 cm³/mol. The number of hydrogen-bond donors (Lipinski definition) is 1. The molecule has 0 spiro atoms. The summed E-state index contributed by atoms with van der Waals surface area (Å²) >= 11 is 1.39. The van der Waals surface area contributed by atoms with E-state index in [0.717, 1.165) is 48.1 Å². The Hall–Kier alpha value is -3.26. The molecule has 0 atom stereocenters. The van der Waals surface area contributed by atoms with Gasteiger partial charge in [0.1, 0.15) is 17.1 Å². The topological polar surface area (TPSA) is 86.1 Å². The summed E-state index contributed by atoms with van der Waals surface area (Å²) in [7, 11) is 1.60. The van der Waals surface area contributed by atoms with Gasteiger partial charge in [-0.1, -0.05) is 30.2 Å². The van der Waals surface area contributed by atoms with Crippen LogP contribution >= 0.6 is 11.3 Å². The van der Waals surface area contributed by atoms with Crippen LogP contribution in [0.25, 0.3) is 21.1 Å². The van der Waals surface area contributed by atoms with Crippen molar-refractivity contribution < 1.29 is 9.53 Å². The fourth-order valence-electron chi connectivity index (χ4n) is 4.05. The van der Waals surface area contributed by atoms with Crippen molar-refractivity contribution in [3.05, 3.63) is 58.1 Å². The van der Waals surface area contributed by atoms with Crippen molar-refractivity contribution in [2.45, 2.75) is 38.6 Å². The van der Waals surface area contributed by atoms with Crippen LogP contribution in [0.15, 0.2) is 41.2 Å². The maximum Gasteiger partial charge on any atom is 0.261 e. The molecule has 2 aromatic carbocycles. The molecule has 0 aliphatic carbocycles. The zero-order valence-electron chi connectivity index (χ0n) is 17.2. The van der Waals surface area contributed by atoms with Crippen molar-refractivity contribution in [2.24, 2.45) is 0 Å². The number of carbonyl (C=O) groups is 1. The van der Waals surface area contributed by atoms with E-state index in [-0.39, 0.29) is 11.5 Å². The number of nitrogens with one attached hydrogen (secondary N) is 1. The van der Waals surface area contributed by atoms with Gasteiger partial charge in [0.2, 0.25) is 0 Å². The van der Waals surface area contributed by atoms with E-state index in [1.807, 2.05) is 18.2 Å². The van der Waals surface area contributed by atoms with Crippen LogP contribution in [0.3, 0.4) is 0 Å². The van der Waals surface area contributed by atoms with Crippen LogP contribution in [0, 0.1) is 0 Å². The fraction of sp³-hybridized carbons (Fsp3) is 0.304. The molecule has 5 rings (SSSR count). The smallest absolute Gasteiger partial charge is 0.261 e. The van der Waals surface area contributed by atoms with E-state index >= 15 is 0 Å². The molecule has 158 valence electrons. The third kappa shape index (κ3) is 3.67. The largest absolute Gasteiger partial charge is 0.494 e. The zero-order chi connectivity index (χ0) is 21.4. The lowest BCUT2D eigenvalue weighted by Crippen LogP contribution is -2.26. The first-order valence-electron chi connectivity index (χ1n) is 10.4. The summed E-state index contributed by atoms with van der Waals surface area (Å²) in [5.74, 6) is 1.20. The van der Waals surface area contributed by atoms with Crippen LogP contribution in [-0.2, 0) is 13.0 Å². The van der Waals surface area contributed by atoms with Gasteiger partial charge in [-0.3, -0.25) is 19.5 Å². The molecule has 1 aliphatic rings. The Balaban J connectivity index is 1.48. The second-order valence-electron chi connectivity index (χ2n) is 7.66. The molecule has 0 radical (unpaired) electrons. The number of fused-ring (bicyclic) bond motifs is 3. The summed E-state index contributed by atoms with van der Waals surface area (Å²) in [6.07, 6.45) is 5.10. The van der Waals surface area contributed by atoms with Gasteiger partial charge in [-0.25, -0.2) is 9.97 Å². The standard InChI is InChI=1S/C23H22N4O3S/c1-30-17-7-6-8-18-20(17)25-23(31-18)26-21(28)14-10-11-15-16(13-14)24-19-9-4-2-3-5-12-27(19)22(15)29/h6-8,10-11,13H,2-5,9,12H2,1H3,(H,25,26,28). The van der Waals surface area contributed by atoms with Crippen LogP contribution in [0.5, 0.6) is 5.75 Å². The summed E-state index contributed by atoms with van der Waals surface area (Å²) in [6.45, 7) is 0.709. The van der Waals surface area contributed by atoms with Crippen LogP contribution < -0.4 is 15.6 Å². The molecule has 0 unspecified atom stereocenters. The number of benzene rings is 2. The van der Waals surface area contributed by atoms with Gasteiger partial charge in [0.25, 0.3) is 11.5 Å². The molecule has 0 saturated carbocycles. The van der Waals surface area contributed by atoms with Gasteiger partial charge >= 0.3 is 0 Å². The summed E-state index contributed by atoms with van der Waals surface area (Å²) in [6, 6.07) is 10.7. The first-order valence-corrected chi connectivity index (χ1v) is 11.2. The summed E-state index contributed by atoms with van der Waals surface area (Å²) in [5.41, 5.74) is 1.71. The van der Waals surface area contributed by atoms with Crippen molar-refractivity contribution in [3.8, 4) is 5.75 Å². The van der Waals surface area contributed by atoms with Gasteiger partial charge < -0.3 is 4.74 Å². The Kier molecular flexibility index (Phi) is 5.15. The van der Waals surface area contributed by atoms with Gasteiger partial charge in [0.15, 0.2) is 5.13 Å². The highest BCUT2D eigenvalue weighted by Gasteiger charge is 2.16. The monoisotopic (exact) mass is 434 g/mol. The molecule has 2 aromatic heterocycles. The zero-order valence-corrected chi connectivity index (χ0v) is 18.0. The molecule has 1 amide bonds. The number of amides is 1. The number of thiazole rings is 1. The minimum Gasteiger partial charge on any atom is -0.494 e. The SMILES string of the molecule is COc1cccc2sc(NC(=O)c3ccc4c(=O)n5c(nc4c3)CCCCCC5)nc12. The van der Waals surface area contributed by atoms with Crippen molar-refractivity contribution in [3.63, 3.8) is 0 Å². The molecule has 1 N–H and O–H groups in total. The third-order valence-corrected chi connectivity index (χ3v) is 6.59. The van der Waals surface area contributed by atoms with E-state index in [1.54, 1.807) is 29.9 Å². The summed E-state index contributed by atoms with van der Waals surface area (Å²) < 4.78 is 8.08. The first-order chi connectivity index (χ1) is 15.1. The van der Waals surface area contributed by atoms with Crippen LogP contribution in [0.4, 0.5) is 5.13 Å². The van der Waals surface area contributed by atoms with E-state index in [1.165, 1.54) is 11.3 Å². The van der Waals surface area contributed by atoms with Gasteiger partial charge in [-0.15, -0.1) is 0 Å². The lowest BCUT2D eigenvalue weighted by Gasteiger charge is -2.16. The van der Waals surface area contributed by atoms with Crippen LogP contribution in [0.2, 0.25) is 0 Å². The lowest BCUT2D eigenvalue weighted by atomic mass is 10.1. The molecule has 4 aromatic rings. The number of carbonyl (C=O) groups excluding carboxylic acids is 1. The fourth-order valence-corrected chi connectivity index (χ4v) is 4.93. The van der Waals surface area contributed by atoms with Crippen molar-refractivity contribution in [1.82, 2.24) is 14.5 Å². The van der Waals surface area contributed by atoms with E-state index < -0.39 is 0 Å². The van der Waals surface area contributed by atoms with Crippen molar-refractivity contribution in [2.75, 3.05) is 12.4 Å². The highest BCUT2D eigenvalue weighted by molar-refractivity contribution is 7.22. The molecule has 1 aliphatic heterocycles. The summed E-state index contributed by atoms with van der Waals surface area (Å²) in [5, 5.41) is 3.90. The van der Waals surface area contributed by atoms with Crippen molar-refractivity contribution in [1.29, 1.82) is 0 Å². The molecule has 8 heteroatoms. The second-order valence-corrected chi connectivity index (χ2v) is 8.69. The molecular formula is C23H22N4O3S. The molecule has 0 saturated heterocycles. The normalized spacial score (nSPS) is 14.1. The van der Waals surface area contributed by atoms with Crippen LogP contribution in [0.1, 0.15) is 41.9 Å². The molecular weight excluding hydrogens is 412 g/mol. The molecule has 0 fully saturated rings. The maximum absolute atomic E-state index is 13.0. The van der Waals surface area contributed by atoms with E-state index in [4.69, 9.17) is 9.72 Å². The maximum atomic E-state index is 13.0. The Labute approximate surface area is 182 Å².